The Bertz CT molecular complexity index is 3080. The average molecular weight is 769 g/mol. The molecule has 4 atom stereocenters. The van der Waals surface area contributed by atoms with Crippen LogP contribution in [-0.2, 0) is 0 Å². The maximum atomic E-state index is 5.25. The molecule has 0 saturated carbocycles. The number of nitrogens with zero attached hydrogens (tertiary/aromatic N) is 2. The number of aromatic nitrogens is 1. The lowest BCUT2D eigenvalue weighted by molar-refractivity contribution is 0.409. The summed E-state index contributed by atoms with van der Waals surface area (Å²) in [5.41, 5.74) is 11.3. The van der Waals surface area contributed by atoms with E-state index in [0.29, 0.717) is 5.25 Å². The molecule has 2 aliphatic heterocycles. The van der Waals surface area contributed by atoms with E-state index < -0.39 is 0 Å². The first kappa shape index (κ1) is 33.0. The molecule has 12 rings (SSSR count). The maximum Gasteiger partial charge on any atom is 0.131 e. The SMILES string of the molecule is C1=CC2Sc3cc(C4=NC(c5ccccc5)NC(c5ccccc5)N4)ccc3C2C(c2cccc3c2sc2c(-n4c5ccccc5c5ccccc54)cccc23)=C1. The van der Waals surface area contributed by atoms with Gasteiger partial charge in [0.25, 0.3) is 0 Å². The number of amidine groups is 1. The van der Waals surface area contributed by atoms with E-state index in [9.17, 15) is 0 Å². The van der Waals surface area contributed by atoms with Gasteiger partial charge in [-0.25, -0.2) is 4.99 Å². The zero-order valence-corrected chi connectivity index (χ0v) is 32.5. The zero-order chi connectivity index (χ0) is 37.5. The van der Waals surface area contributed by atoms with Crippen molar-refractivity contribution >= 4 is 76.5 Å². The van der Waals surface area contributed by atoms with Crippen LogP contribution in [0.3, 0.4) is 0 Å². The van der Waals surface area contributed by atoms with Crippen molar-refractivity contribution in [2.24, 2.45) is 4.99 Å². The number of hydrogen-bond acceptors (Lipinski definition) is 5. The van der Waals surface area contributed by atoms with Crippen molar-refractivity contribution in [3.05, 3.63) is 210 Å². The molecular formula is C51H36N4S2. The Morgan fingerprint density at radius 2 is 1.26 bits per heavy atom. The highest BCUT2D eigenvalue weighted by Gasteiger charge is 2.37. The van der Waals surface area contributed by atoms with Gasteiger partial charge < -0.3 is 9.88 Å². The van der Waals surface area contributed by atoms with Gasteiger partial charge in [-0.05, 0) is 52.1 Å². The van der Waals surface area contributed by atoms with Crippen molar-refractivity contribution < 1.29 is 0 Å². The van der Waals surface area contributed by atoms with Crippen LogP contribution >= 0.6 is 23.1 Å². The lowest BCUT2D eigenvalue weighted by Gasteiger charge is -2.32. The standard InChI is InChI=1S/C51H36N4S2/c1-3-14-31(15-4-1)49-52-50(32-16-5-2-6-17-32)54-51(53-49)33-28-29-40-45(30-33)56-44-27-13-20-36(46(40)44)37-21-11-22-38-39-23-12-26-43(48(39)57-47(37)38)55-41-24-9-7-18-34(41)35-19-8-10-25-42(35)55/h1-30,44,46,49-50,52H,(H,53,54). The summed E-state index contributed by atoms with van der Waals surface area (Å²) in [6.07, 6.45) is 6.80. The molecule has 0 bridgehead atoms. The van der Waals surface area contributed by atoms with Crippen LogP contribution in [0.4, 0.5) is 0 Å². The molecule has 0 fully saturated rings. The molecule has 0 saturated heterocycles. The summed E-state index contributed by atoms with van der Waals surface area (Å²) in [5, 5.41) is 13.0. The third-order valence-electron chi connectivity index (χ3n) is 11.9. The van der Waals surface area contributed by atoms with Gasteiger partial charge in [-0.15, -0.1) is 23.1 Å². The highest BCUT2D eigenvalue weighted by Crippen LogP contribution is 2.55. The molecule has 9 aromatic rings. The average Bonchev–Trinajstić information content (AvgIpc) is 3.96. The number of allylic oxidation sites excluding steroid dienone is 3. The zero-order valence-electron chi connectivity index (χ0n) is 30.8. The van der Waals surface area contributed by atoms with Crippen molar-refractivity contribution in [3.8, 4) is 5.69 Å². The minimum atomic E-state index is -0.161. The van der Waals surface area contributed by atoms with E-state index in [0.717, 1.165) is 17.0 Å². The van der Waals surface area contributed by atoms with E-state index in [1.807, 2.05) is 23.1 Å². The van der Waals surface area contributed by atoms with Crippen LogP contribution in [0.2, 0.25) is 0 Å². The summed E-state index contributed by atoms with van der Waals surface area (Å²) >= 11 is 3.91. The first-order valence-corrected chi connectivity index (χ1v) is 21.3. The van der Waals surface area contributed by atoms with Crippen molar-refractivity contribution in [2.75, 3.05) is 0 Å². The first-order valence-electron chi connectivity index (χ1n) is 19.6. The summed E-state index contributed by atoms with van der Waals surface area (Å²) in [7, 11) is 0. The number of para-hydroxylation sites is 2. The topological polar surface area (TPSA) is 41.4 Å². The third-order valence-corrected chi connectivity index (χ3v) is 14.5. The van der Waals surface area contributed by atoms with Crippen LogP contribution in [0.15, 0.2) is 192 Å². The molecule has 6 heteroatoms. The van der Waals surface area contributed by atoms with Crippen molar-refractivity contribution in [1.29, 1.82) is 0 Å². The highest BCUT2D eigenvalue weighted by molar-refractivity contribution is 8.00. The summed E-state index contributed by atoms with van der Waals surface area (Å²) in [4.78, 5) is 6.58. The Morgan fingerprint density at radius 3 is 2.04 bits per heavy atom. The van der Waals surface area contributed by atoms with Gasteiger partial charge in [0.1, 0.15) is 18.2 Å². The third kappa shape index (κ3) is 5.29. The molecule has 57 heavy (non-hydrogen) atoms. The highest BCUT2D eigenvalue weighted by atomic mass is 32.2. The minimum Gasteiger partial charge on any atom is -0.350 e. The summed E-state index contributed by atoms with van der Waals surface area (Å²) in [6.45, 7) is 0. The molecule has 4 unspecified atom stereocenters. The summed E-state index contributed by atoms with van der Waals surface area (Å²) < 4.78 is 5.13. The van der Waals surface area contributed by atoms with Crippen molar-refractivity contribution in [2.45, 2.75) is 28.4 Å². The number of benzene rings is 7. The van der Waals surface area contributed by atoms with Crippen LogP contribution in [-0.4, -0.2) is 15.7 Å². The predicted molar refractivity (Wildman–Crippen MR) is 241 cm³/mol. The Hall–Kier alpha value is -6.18. The second-order valence-electron chi connectivity index (χ2n) is 15.1. The van der Waals surface area contributed by atoms with Gasteiger partial charge in [-0.2, -0.15) is 0 Å². The fourth-order valence-electron chi connectivity index (χ4n) is 9.28. The van der Waals surface area contributed by atoms with Gasteiger partial charge >= 0.3 is 0 Å². The fourth-order valence-corrected chi connectivity index (χ4v) is 12.0. The molecule has 3 aliphatic rings. The molecule has 0 spiro atoms. The van der Waals surface area contributed by atoms with Crippen LogP contribution < -0.4 is 10.6 Å². The minimum absolute atomic E-state index is 0.0675. The van der Waals surface area contributed by atoms with Crippen LogP contribution in [0, 0.1) is 0 Å². The van der Waals surface area contributed by atoms with Gasteiger partial charge in [-0.3, -0.25) is 5.32 Å². The van der Waals surface area contributed by atoms with E-state index in [1.54, 1.807) is 0 Å². The Balaban J connectivity index is 0.947. The second-order valence-corrected chi connectivity index (χ2v) is 17.3. The van der Waals surface area contributed by atoms with Crippen LogP contribution in [0.5, 0.6) is 0 Å². The molecule has 0 radical (unpaired) electrons. The smallest absolute Gasteiger partial charge is 0.131 e. The number of thiophene rings is 1. The maximum absolute atomic E-state index is 5.25. The van der Waals surface area contributed by atoms with Crippen LogP contribution in [0.25, 0.3) is 53.2 Å². The van der Waals surface area contributed by atoms with E-state index >= 15 is 0 Å². The normalized spacial score (nSPS) is 20.1. The molecule has 2 N–H and O–H groups in total. The molecular weight excluding hydrogens is 733 g/mol. The lowest BCUT2D eigenvalue weighted by atomic mass is 9.81. The van der Waals surface area contributed by atoms with Crippen LogP contribution in [0.1, 0.15) is 46.1 Å². The largest absolute Gasteiger partial charge is 0.350 e. The number of rotatable bonds is 5. The fraction of sp³-hybridized carbons (Fsp3) is 0.0784. The van der Waals surface area contributed by atoms with Gasteiger partial charge in [0.15, 0.2) is 0 Å². The van der Waals surface area contributed by atoms with Gasteiger partial charge in [0, 0.05) is 47.9 Å². The number of aliphatic imine (C=N–C) groups is 1. The quantitative estimate of drug-likeness (QED) is 0.183. The summed E-state index contributed by atoms with van der Waals surface area (Å²) in [5.74, 6) is 1.17. The van der Waals surface area contributed by atoms with E-state index in [-0.39, 0.29) is 18.2 Å². The van der Waals surface area contributed by atoms with Gasteiger partial charge in [0.05, 0.1) is 21.4 Å². The lowest BCUT2D eigenvalue weighted by Crippen LogP contribution is -2.44. The molecule has 4 heterocycles. The Labute approximate surface area is 338 Å². The Morgan fingerprint density at radius 1 is 0.596 bits per heavy atom. The van der Waals surface area contributed by atoms with Crippen molar-refractivity contribution in [3.63, 3.8) is 0 Å². The number of fused-ring (bicyclic) bond motifs is 9. The molecule has 272 valence electrons. The molecule has 7 aromatic carbocycles. The van der Waals surface area contributed by atoms with E-state index in [1.165, 1.54) is 74.8 Å². The molecule has 4 nitrogen and oxygen atoms in total. The van der Waals surface area contributed by atoms with Crippen molar-refractivity contribution in [1.82, 2.24) is 15.2 Å². The van der Waals surface area contributed by atoms with Gasteiger partial charge in [0.2, 0.25) is 0 Å². The monoisotopic (exact) mass is 768 g/mol. The number of thioether (sulfide) groups is 1. The molecule has 2 aromatic heterocycles. The van der Waals surface area contributed by atoms with Gasteiger partial charge in [-0.1, -0.05) is 158 Å². The number of nitrogens with one attached hydrogen (secondary N) is 2. The number of hydrogen-bond donors (Lipinski definition) is 2. The first-order chi connectivity index (χ1) is 28.3. The molecule has 0 amide bonds. The summed E-state index contributed by atoms with van der Waals surface area (Å²) in [6, 6.07) is 59.5. The predicted octanol–water partition coefficient (Wildman–Crippen LogP) is 12.7. The van der Waals surface area contributed by atoms with E-state index in [4.69, 9.17) is 4.99 Å². The van der Waals surface area contributed by atoms with E-state index in [2.05, 4.69) is 197 Å². The Kier molecular flexibility index (Phi) is 7.65. The molecule has 1 aliphatic carbocycles. The second kappa shape index (κ2) is 13.2.